The molecule has 0 radical (unpaired) electrons. The summed E-state index contributed by atoms with van der Waals surface area (Å²) in [6.45, 7) is 10.3. The van der Waals surface area contributed by atoms with Crippen LogP contribution in [0, 0.1) is 0 Å². The summed E-state index contributed by atoms with van der Waals surface area (Å²) in [5, 5.41) is 0. The van der Waals surface area contributed by atoms with E-state index in [4.69, 9.17) is 9.72 Å². The number of imidazole rings is 1. The zero-order chi connectivity index (χ0) is 18.0. The van der Waals surface area contributed by atoms with E-state index in [2.05, 4.69) is 36.6 Å². The highest BCUT2D eigenvalue weighted by Crippen LogP contribution is 2.31. The number of benzene rings is 1. The van der Waals surface area contributed by atoms with Gasteiger partial charge in [0.05, 0.1) is 11.0 Å². The topological polar surface area (TPSA) is 47.4 Å². The van der Waals surface area contributed by atoms with Crippen LogP contribution in [0.1, 0.15) is 58.3 Å². The number of aromatic nitrogens is 2. The van der Waals surface area contributed by atoms with Crippen molar-refractivity contribution in [2.45, 2.75) is 58.6 Å². The van der Waals surface area contributed by atoms with E-state index in [1.807, 2.05) is 24.8 Å². The van der Waals surface area contributed by atoms with Crippen molar-refractivity contribution >= 4 is 16.9 Å². The summed E-state index contributed by atoms with van der Waals surface area (Å²) in [6, 6.07) is 8.64. The summed E-state index contributed by atoms with van der Waals surface area (Å²) in [7, 11) is 0. The lowest BCUT2D eigenvalue weighted by Crippen LogP contribution is -2.44. The Morgan fingerprint density at radius 1 is 1.32 bits per heavy atom. The number of rotatable bonds is 5. The van der Waals surface area contributed by atoms with Crippen molar-refractivity contribution in [2.24, 2.45) is 0 Å². The molecule has 1 amide bonds. The van der Waals surface area contributed by atoms with Crippen molar-refractivity contribution in [1.82, 2.24) is 14.5 Å². The van der Waals surface area contributed by atoms with Gasteiger partial charge in [0.1, 0.15) is 11.9 Å². The molecular formula is C20H29N3O2. The molecule has 0 saturated carbocycles. The van der Waals surface area contributed by atoms with Gasteiger partial charge in [0.25, 0.3) is 5.91 Å². The molecule has 136 valence electrons. The van der Waals surface area contributed by atoms with Crippen LogP contribution in [-0.4, -0.2) is 46.2 Å². The van der Waals surface area contributed by atoms with Gasteiger partial charge in [0, 0.05) is 31.7 Å². The van der Waals surface area contributed by atoms with Crippen LogP contribution in [0.15, 0.2) is 24.3 Å². The standard InChI is InChI=1S/C20H29N3O2/c1-5-25-15(4)20(24)22-12-8-9-16(13-22)19-21-17-10-6-7-11-18(17)23(19)14(2)3/h6-7,10-11,14-16H,5,8-9,12-13H2,1-4H3. The first-order valence-corrected chi connectivity index (χ1v) is 9.40. The molecule has 25 heavy (non-hydrogen) atoms. The molecule has 1 aromatic heterocycles. The SMILES string of the molecule is CCOC(C)C(=O)N1CCCC(c2nc3ccccc3n2C(C)C)C1. The molecule has 3 rings (SSSR count). The van der Waals surface area contributed by atoms with E-state index < -0.39 is 0 Å². The second kappa shape index (κ2) is 7.56. The minimum Gasteiger partial charge on any atom is -0.369 e. The summed E-state index contributed by atoms with van der Waals surface area (Å²) < 4.78 is 7.83. The Kier molecular flexibility index (Phi) is 5.42. The zero-order valence-corrected chi connectivity index (χ0v) is 15.7. The smallest absolute Gasteiger partial charge is 0.251 e. The maximum atomic E-state index is 12.6. The van der Waals surface area contributed by atoms with Crippen LogP contribution in [0.3, 0.4) is 0 Å². The summed E-state index contributed by atoms with van der Waals surface area (Å²) in [5.74, 6) is 1.48. The van der Waals surface area contributed by atoms with Crippen molar-refractivity contribution in [2.75, 3.05) is 19.7 Å². The Balaban J connectivity index is 1.88. The number of hydrogen-bond donors (Lipinski definition) is 0. The van der Waals surface area contributed by atoms with Gasteiger partial charge in [0.2, 0.25) is 0 Å². The third-order valence-electron chi connectivity index (χ3n) is 5.00. The fourth-order valence-electron chi connectivity index (χ4n) is 3.86. The lowest BCUT2D eigenvalue weighted by molar-refractivity contribution is -0.143. The molecule has 0 N–H and O–H groups in total. The third kappa shape index (κ3) is 3.56. The number of carbonyl (C=O) groups excluding carboxylic acids is 1. The highest BCUT2D eigenvalue weighted by molar-refractivity contribution is 5.81. The number of carbonyl (C=O) groups is 1. The molecule has 1 aliphatic rings. The molecule has 2 aromatic rings. The van der Waals surface area contributed by atoms with Gasteiger partial charge in [-0.3, -0.25) is 4.79 Å². The van der Waals surface area contributed by atoms with E-state index in [0.717, 1.165) is 37.3 Å². The van der Waals surface area contributed by atoms with Gasteiger partial charge in [-0.25, -0.2) is 4.98 Å². The Bertz CT molecular complexity index is 738. The minimum atomic E-state index is -0.368. The number of para-hydroxylation sites is 2. The third-order valence-corrected chi connectivity index (χ3v) is 5.00. The quantitative estimate of drug-likeness (QED) is 0.831. The molecule has 2 atom stereocenters. The maximum Gasteiger partial charge on any atom is 0.251 e. The molecule has 2 unspecified atom stereocenters. The van der Waals surface area contributed by atoms with Crippen molar-refractivity contribution in [3.05, 3.63) is 30.1 Å². The molecule has 2 heterocycles. The fourth-order valence-corrected chi connectivity index (χ4v) is 3.86. The lowest BCUT2D eigenvalue weighted by atomic mass is 9.96. The summed E-state index contributed by atoms with van der Waals surface area (Å²) in [5.41, 5.74) is 2.22. The summed E-state index contributed by atoms with van der Waals surface area (Å²) in [4.78, 5) is 19.5. The van der Waals surface area contributed by atoms with Crippen LogP contribution in [0.25, 0.3) is 11.0 Å². The number of likely N-dealkylation sites (tertiary alicyclic amines) is 1. The Hall–Kier alpha value is -1.88. The predicted molar refractivity (Wildman–Crippen MR) is 99.8 cm³/mol. The first kappa shape index (κ1) is 17.9. The number of hydrogen-bond acceptors (Lipinski definition) is 3. The first-order valence-electron chi connectivity index (χ1n) is 9.40. The molecule has 1 fully saturated rings. The monoisotopic (exact) mass is 343 g/mol. The van der Waals surface area contributed by atoms with Crippen molar-refractivity contribution in [3.8, 4) is 0 Å². The van der Waals surface area contributed by atoms with Gasteiger partial charge in [-0.15, -0.1) is 0 Å². The molecular weight excluding hydrogens is 314 g/mol. The van der Waals surface area contributed by atoms with E-state index in [-0.39, 0.29) is 17.9 Å². The van der Waals surface area contributed by atoms with Gasteiger partial charge in [-0.1, -0.05) is 12.1 Å². The van der Waals surface area contributed by atoms with E-state index in [1.165, 1.54) is 5.52 Å². The lowest BCUT2D eigenvalue weighted by Gasteiger charge is -2.34. The molecule has 1 saturated heterocycles. The minimum absolute atomic E-state index is 0.0961. The highest BCUT2D eigenvalue weighted by atomic mass is 16.5. The predicted octanol–water partition coefficient (Wildman–Crippen LogP) is 3.75. The Labute approximate surface area is 150 Å². The normalized spacial score (nSPS) is 19.6. The Morgan fingerprint density at radius 2 is 2.08 bits per heavy atom. The first-order chi connectivity index (χ1) is 12.0. The largest absolute Gasteiger partial charge is 0.369 e. The second-order valence-corrected chi connectivity index (χ2v) is 7.14. The van der Waals surface area contributed by atoms with E-state index >= 15 is 0 Å². The van der Waals surface area contributed by atoms with Crippen LogP contribution in [-0.2, 0) is 9.53 Å². The van der Waals surface area contributed by atoms with Crippen LogP contribution in [0.5, 0.6) is 0 Å². The van der Waals surface area contributed by atoms with Crippen molar-refractivity contribution < 1.29 is 9.53 Å². The van der Waals surface area contributed by atoms with Crippen LogP contribution in [0.4, 0.5) is 0 Å². The zero-order valence-electron chi connectivity index (χ0n) is 15.7. The maximum absolute atomic E-state index is 12.6. The molecule has 1 aromatic carbocycles. The molecule has 0 aliphatic carbocycles. The summed E-state index contributed by atoms with van der Waals surface area (Å²) >= 11 is 0. The highest BCUT2D eigenvalue weighted by Gasteiger charge is 2.31. The van der Waals surface area contributed by atoms with Crippen LogP contribution < -0.4 is 0 Å². The van der Waals surface area contributed by atoms with E-state index in [0.29, 0.717) is 12.6 Å². The van der Waals surface area contributed by atoms with Crippen molar-refractivity contribution in [1.29, 1.82) is 0 Å². The molecule has 5 heteroatoms. The van der Waals surface area contributed by atoms with Crippen LogP contribution >= 0.6 is 0 Å². The van der Waals surface area contributed by atoms with Gasteiger partial charge in [-0.2, -0.15) is 0 Å². The molecule has 1 aliphatic heterocycles. The van der Waals surface area contributed by atoms with Crippen molar-refractivity contribution in [3.63, 3.8) is 0 Å². The summed E-state index contributed by atoms with van der Waals surface area (Å²) in [6.07, 6.45) is 1.71. The van der Waals surface area contributed by atoms with Crippen LogP contribution in [0.2, 0.25) is 0 Å². The van der Waals surface area contributed by atoms with E-state index in [1.54, 1.807) is 0 Å². The van der Waals surface area contributed by atoms with E-state index in [9.17, 15) is 4.79 Å². The molecule has 5 nitrogen and oxygen atoms in total. The Morgan fingerprint density at radius 3 is 2.80 bits per heavy atom. The fraction of sp³-hybridized carbons (Fsp3) is 0.600. The number of nitrogens with zero attached hydrogens (tertiary/aromatic N) is 3. The number of piperidine rings is 1. The molecule has 0 bridgehead atoms. The second-order valence-electron chi connectivity index (χ2n) is 7.14. The average Bonchev–Trinajstić information content (AvgIpc) is 3.01. The van der Waals surface area contributed by atoms with Gasteiger partial charge >= 0.3 is 0 Å². The number of amides is 1. The number of fused-ring (bicyclic) bond motifs is 1. The van der Waals surface area contributed by atoms with Gasteiger partial charge in [0.15, 0.2) is 0 Å². The molecule has 0 spiro atoms. The average molecular weight is 343 g/mol. The van der Waals surface area contributed by atoms with Gasteiger partial charge < -0.3 is 14.2 Å². The number of ether oxygens (including phenoxy) is 1. The van der Waals surface area contributed by atoms with Gasteiger partial charge in [-0.05, 0) is 52.7 Å².